The summed E-state index contributed by atoms with van der Waals surface area (Å²) in [5.41, 5.74) is 2.07. The highest BCUT2D eigenvalue weighted by atomic mass is 16.2. The second kappa shape index (κ2) is 15.9. The first-order valence-electron chi connectivity index (χ1n) is 19.5. The van der Waals surface area contributed by atoms with Crippen LogP contribution in [0.5, 0.6) is 0 Å². The van der Waals surface area contributed by atoms with E-state index in [1.165, 1.54) is 9.91 Å². The fourth-order valence-electron chi connectivity index (χ4n) is 8.12. The number of benzene rings is 1. The van der Waals surface area contributed by atoms with E-state index in [4.69, 9.17) is 0 Å². The maximum Gasteiger partial charge on any atom is 0.336 e. The van der Waals surface area contributed by atoms with Gasteiger partial charge in [-0.25, -0.2) is 14.6 Å². The molecule has 4 N–H and O–H groups in total. The van der Waals surface area contributed by atoms with Crippen LogP contribution < -0.4 is 21.4 Å². The minimum Gasteiger partial charge on any atom is -0.335 e. The molecule has 2 heterocycles. The van der Waals surface area contributed by atoms with Gasteiger partial charge in [0.1, 0.15) is 12.1 Å². The Bertz CT molecular complexity index is 1560. The van der Waals surface area contributed by atoms with Crippen molar-refractivity contribution in [2.75, 3.05) is 19.6 Å². The van der Waals surface area contributed by atoms with Crippen LogP contribution in [0.25, 0.3) is 0 Å². The fourth-order valence-corrected chi connectivity index (χ4v) is 8.12. The molecule has 2 saturated heterocycles. The Morgan fingerprint density at radius 2 is 1.48 bits per heavy atom. The molecule has 0 spiro atoms. The van der Waals surface area contributed by atoms with E-state index in [0.29, 0.717) is 19.4 Å². The Hall–Kier alpha value is -4.16. The molecular formula is C41H65N7O6. The zero-order valence-corrected chi connectivity index (χ0v) is 34.6. The molecule has 6 atom stereocenters. The normalized spacial score (nSPS) is 23.4. The molecule has 4 rings (SSSR count). The third-order valence-electron chi connectivity index (χ3n) is 11.6. The average molecular weight is 752 g/mol. The number of likely N-dealkylation sites (tertiary alicyclic amines) is 2. The second-order valence-electron chi connectivity index (χ2n) is 19.2. The molecule has 1 aromatic rings. The van der Waals surface area contributed by atoms with Gasteiger partial charge in [0.2, 0.25) is 17.7 Å². The number of fused-ring (bicyclic) bond motifs is 1. The Balaban J connectivity index is 1.48. The number of rotatable bonds is 11. The lowest BCUT2D eigenvalue weighted by molar-refractivity contribution is -0.152. The predicted molar refractivity (Wildman–Crippen MR) is 207 cm³/mol. The van der Waals surface area contributed by atoms with Gasteiger partial charge >= 0.3 is 12.1 Å². The third kappa shape index (κ3) is 9.73. The summed E-state index contributed by atoms with van der Waals surface area (Å²) in [6, 6.07) is 6.02. The molecule has 54 heavy (non-hydrogen) atoms. The van der Waals surface area contributed by atoms with Gasteiger partial charge in [-0.1, -0.05) is 106 Å². The lowest BCUT2D eigenvalue weighted by Crippen LogP contribution is -2.63. The highest BCUT2D eigenvalue weighted by Gasteiger charge is 2.70. The van der Waals surface area contributed by atoms with Crippen molar-refractivity contribution in [3.63, 3.8) is 0 Å². The monoisotopic (exact) mass is 751 g/mol. The summed E-state index contributed by atoms with van der Waals surface area (Å²) in [5.74, 6) is -1.25. The van der Waals surface area contributed by atoms with Gasteiger partial charge in [-0.2, -0.15) is 0 Å². The molecule has 13 nitrogen and oxygen atoms in total. The van der Waals surface area contributed by atoms with E-state index in [9.17, 15) is 28.8 Å². The smallest absolute Gasteiger partial charge is 0.335 e. The number of carbonyl (C=O) groups excluding carboxylic acids is 6. The van der Waals surface area contributed by atoms with E-state index in [-0.39, 0.29) is 72.4 Å². The van der Waals surface area contributed by atoms with Gasteiger partial charge in [-0.05, 0) is 58.8 Å². The van der Waals surface area contributed by atoms with Crippen LogP contribution in [-0.4, -0.2) is 88.3 Å². The van der Waals surface area contributed by atoms with E-state index >= 15 is 0 Å². The van der Waals surface area contributed by atoms with Gasteiger partial charge in [0.15, 0.2) is 0 Å². The maximum atomic E-state index is 14.5. The van der Waals surface area contributed by atoms with Crippen LogP contribution in [-0.2, 0) is 19.2 Å². The number of piperidine rings is 2. The van der Waals surface area contributed by atoms with Crippen LogP contribution in [0.3, 0.4) is 0 Å². The molecule has 0 aromatic heterocycles. The molecule has 2 aliphatic heterocycles. The zero-order chi connectivity index (χ0) is 40.6. The summed E-state index contributed by atoms with van der Waals surface area (Å²) in [5, 5.41) is 10.2. The van der Waals surface area contributed by atoms with Gasteiger partial charge in [-0.3, -0.25) is 29.5 Å². The standard InChI is InChI=1S/C41H65N7O6/c1-13-20-48(37(54)42-25(2)26-17-15-14-16-18-26)45-34(51)32-31-27(41(31,11)12)24-47(32)35(52)33(39(6,7)8)44-36(53)43-28(38(3,4)5)19-21-46-29(49)22-40(9,10)23-30(46)50/h14-18,25,27-28,31-33H,13,19-24H2,1-12H3,(H,42,54)(H,45,51)(H2,43,44,53)/t25-,27+,28-,31+,32+,33-/m1/s1. The number of hydrogen-bond donors (Lipinski definition) is 4. The predicted octanol–water partition coefficient (Wildman–Crippen LogP) is 5.38. The SMILES string of the molecule is CCCN(NC(=O)[C@@H]1[C@@H]2[C@H](CN1C(=O)[C@@H](NC(=O)N[C@H](CCN1C(=O)CC(C)(C)CC1=O)C(C)(C)C)C(C)(C)C)C2(C)C)C(=O)N[C@H](C)c1ccccc1. The van der Waals surface area contributed by atoms with Crippen LogP contribution in [0.1, 0.15) is 120 Å². The summed E-state index contributed by atoms with van der Waals surface area (Å²) in [7, 11) is 0. The van der Waals surface area contributed by atoms with E-state index in [0.717, 1.165) is 5.56 Å². The van der Waals surface area contributed by atoms with Crippen molar-refractivity contribution in [2.24, 2.45) is 33.5 Å². The van der Waals surface area contributed by atoms with Crippen molar-refractivity contribution in [3.05, 3.63) is 35.9 Å². The molecule has 3 aliphatic rings. The Morgan fingerprint density at radius 3 is 2.02 bits per heavy atom. The quantitative estimate of drug-likeness (QED) is 0.176. The van der Waals surface area contributed by atoms with Crippen molar-refractivity contribution in [2.45, 2.75) is 133 Å². The molecular weight excluding hydrogens is 686 g/mol. The number of imide groups is 1. The Labute approximate surface area is 322 Å². The van der Waals surface area contributed by atoms with Crippen molar-refractivity contribution in [3.8, 4) is 0 Å². The number of carbonyl (C=O) groups is 6. The van der Waals surface area contributed by atoms with Crippen LogP contribution in [0.15, 0.2) is 30.3 Å². The van der Waals surface area contributed by atoms with Crippen LogP contribution >= 0.6 is 0 Å². The fraction of sp³-hybridized carbons (Fsp3) is 0.707. The number of nitrogens with zero attached hydrogens (tertiary/aromatic N) is 3. The summed E-state index contributed by atoms with van der Waals surface area (Å²) >= 11 is 0. The lowest BCUT2D eigenvalue weighted by Gasteiger charge is -2.39. The summed E-state index contributed by atoms with van der Waals surface area (Å²) in [6.07, 6.45) is 1.52. The lowest BCUT2D eigenvalue weighted by atomic mass is 9.81. The number of hydrazine groups is 1. The molecule has 0 radical (unpaired) electrons. The second-order valence-corrected chi connectivity index (χ2v) is 19.2. The van der Waals surface area contributed by atoms with Crippen LogP contribution in [0, 0.1) is 33.5 Å². The van der Waals surface area contributed by atoms with Crippen molar-refractivity contribution in [1.29, 1.82) is 0 Å². The average Bonchev–Trinajstić information content (AvgIpc) is 3.35. The van der Waals surface area contributed by atoms with Crippen molar-refractivity contribution in [1.82, 2.24) is 36.2 Å². The van der Waals surface area contributed by atoms with Gasteiger partial charge < -0.3 is 20.9 Å². The topological polar surface area (TPSA) is 160 Å². The van der Waals surface area contributed by atoms with Gasteiger partial charge in [0, 0.05) is 38.5 Å². The zero-order valence-electron chi connectivity index (χ0n) is 34.6. The summed E-state index contributed by atoms with van der Waals surface area (Å²) in [4.78, 5) is 84.5. The molecule has 1 aromatic carbocycles. The van der Waals surface area contributed by atoms with Gasteiger partial charge in [-0.15, -0.1) is 0 Å². The minimum absolute atomic E-state index is 0.0919. The summed E-state index contributed by atoms with van der Waals surface area (Å²) < 4.78 is 0. The first-order valence-corrected chi connectivity index (χ1v) is 19.5. The van der Waals surface area contributed by atoms with E-state index in [1.807, 2.05) is 99.6 Å². The van der Waals surface area contributed by atoms with Gasteiger partial charge in [0.05, 0.1) is 6.04 Å². The molecule has 8 amide bonds. The van der Waals surface area contributed by atoms with Crippen molar-refractivity contribution >= 4 is 35.7 Å². The van der Waals surface area contributed by atoms with E-state index < -0.39 is 46.9 Å². The number of urea groups is 2. The number of amides is 8. The van der Waals surface area contributed by atoms with Crippen LogP contribution in [0.4, 0.5) is 9.59 Å². The molecule has 1 aliphatic carbocycles. The Kier molecular flexibility index (Phi) is 12.5. The molecule has 300 valence electrons. The molecule has 0 bridgehead atoms. The Morgan fingerprint density at radius 1 is 0.889 bits per heavy atom. The van der Waals surface area contributed by atoms with E-state index in [2.05, 4.69) is 35.2 Å². The number of hydrogen-bond acceptors (Lipinski definition) is 6. The first-order chi connectivity index (χ1) is 24.9. The first kappa shape index (κ1) is 42.6. The number of nitrogens with one attached hydrogen (secondary N) is 4. The van der Waals surface area contributed by atoms with E-state index in [1.54, 1.807) is 4.90 Å². The molecule has 3 fully saturated rings. The largest absolute Gasteiger partial charge is 0.336 e. The maximum absolute atomic E-state index is 14.5. The third-order valence-corrected chi connectivity index (χ3v) is 11.6. The molecule has 0 unspecified atom stereocenters. The molecule has 13 heteroatoms. The highest BCUT2D eigenvalue weighted by molar-refractivity contribution is 5.98. The van der Waals surface area contributed by atoms with Crippen molar-refractivity contribution < 1.29 is 28.8 Å². The minimum atomic E-state index is -0.983. The molecule has 1 saturated carbocycles. The van der Waals surface area contributed by atoms with Crippen LogP contribution in [0.2, 0.25) is 0 Å². The highest BCUT2D eigenvalue weighted by Crippen LogP contribution is 2.65. The summed E-state index contributed by atoms with van der Waals surface area (Å²) in [6.45, 7) is 24.1. The van der Waals surface area contributed by atoms with Gasteiger partial charge in [0.25, 0.3) is 5.91 Å².